The maximum Gasteiger partial charge on any atom is 0.374 e. The molecule has 0 fully saturated rings. The van der Waals surface area contributed by atoms with Gasteiger partial charge < -0.3 is 9.63 Å². The summed E-state index contributed by atoms with van der Waals surface area (Å²) < 4.78 is 26.0. The van der Waals surface area contributed by atoms with Gasteiger partial charge in [-0.1, -0.05) is 5.16 Å². The third-order valence-electron chi connectivity index (χ3n) is 1.50. The Bertz CT molecular complexity index is 433. The molecule has 14 heavy (non-hydrogen) atoms. The number of rotatable bonds is 4. The molecule has 0 spiro atoms. The van der Waals surface area contributed by atoms with E-state index in [2.05, 4.69) is 9.68 Å². The van der Waals surface area contributed by atoms with Crippen LogP contribution in [-0.4, -0.2) is 36.7 Å². The molecule has 0 atom stereocenters. The van der Waals surface area contributed by atoms with Crippen LogP contribution in [0.1, 0.15) is 16.2 Å². The topological polar surface area (TPSA) is 97.5 Å². The number of nitrogens with zero attached hydrogens (tertiary/aromatic N) is 1. The van der Waals surface area contributed by atoms with Gasteiger partial charge >= 0.3 is 5.97 Å². The predicted molar refractivity (Wildman–Crippen MR) is 46.9 cm³/mol. The summed E-state index contributed by atoms with van der Waals surface area (Å²) in [4.78, 5) is 10.4. The van der Waals surface area contributed by atoms with Crippen LogP contribution in [-0.2, 0) is 16.3 Å². The summed E-state index contributed by atoms with van der Waals surface area (Å²) >= 11 is 0. The number of aromatic carboxylic acids is 1. The van der Waals surface area contributed by atoms with Crippen molar-refractivity contribution in [2.24, 2.45) is 0 Å². The Balaban J connectivity index is 2.65. The largest absolute Gasteiger partial charge is 0.475 e. The van der Waals surface area contributed by atoms with Crippen molar-refractivity contribution in [2.75, 3.05) is 12.0 Å². The molecule has 1 N–H and O–H groups in total. The number of aromatic nitrogens is 1. The first-order valence-electron chi connectivity index (χ1n) is 3.75. The lowest BCUT2D eigenvalue weighted by molar-refractivity contribution is 0.0652. The molecule has 1 aromatic heterocycles. The van der Waals surface area contributed by atoms with Gasteiger partial charge in [-0.05, 0) is 0 Å². The number of carbonyl (C=O) groups is 1. The van der Waals surface area contributed by atoms with Gasteiger partial charge in [-0.3, -0.25) is 0 Å². The molecule has 6 nitrogen and oxygen atoms in total. The number of hydrogen-bond acceptors (Lipinski definition) is 5. The number of sulfone groups is 1. The summed E-state index contributed by atoms with van der Waals surface area (Å²) in [5.41, 5.74) is 0.327. The first-order chi connectivity index (χ1) is 6.38. The highest BCUT2D eigenvalue weighted by Gasteiger charge is 2.12. The van der Waals surface area contributed by atoms with Crippen molar-refractivity contribution >= 4 is 15.8 Å². The Morgan fingerprint density at radius 1 is 1.64 bits per heavy atom. The fourth-order valence-corrected chi connectivity index (χ4v) is 1.40. The number of hydrogen-bond donors (Lipinski definition) is 1. The lowest BCUT2D eigenvalue weighted by Crippen LogP contribution is -2.05. The highest BCUT2D eigenvalue weighted by molar-refractivity contribution is 7.90. The minimum absolute atomic E-state index is 0.0708. The van der Waals surface area contributed by atoms with E-state index < -0.39 is 15.8 Å². The highest BCUT2D eigenvalue weighted by Crippen LogP contribution is 2.04. The number of aryl methyl sites for hydroxylation is 1. The van der Waals surface area contributed by atoms with Gasteiger partial charge in [0.25, 0.3) is 0 Å². The standard InChI is InChI=1S/C7H9NO5S/c1-14(11,12)3-2-5-4-6(7(9)10)13-8-5/h4H,2-3H2,1H3,(H,9,10). The normalized spacial score (nSPS) is 11.5. The van der Waals surface area contributed by atoms with Crippen molar-refractivity contribution in [3.63, 3.8) is 0 Å². The lowest BCUT2D eigenvalue weighted by atomic mass is 10.3. The quantitative estimate of drug-likeness (QED) is 0.763. The van der Waals surface area contributed by atoms with Crippen molar-refractivity contribution in [3.05, 3.63) is 17.5 Å². The van der Waals surface area contributed by atoms with E-state index in [-0.39, 0.29) is 17.9 Å². The molecule has 0 saturated heterocycles. The van der Waals surface area contributed by atoms with Crippen molar-refractivity contribution in [1.82, 2.24) is 5.16 Å². The second-order valence-electron chi connectivity index (χ2n) is 2.87. The van der Waals surface area contributed by atoms with E-state index in [0.29, 0.717) is 5.69 Å². The minimum atomic E-state index is -3.06. The Labute approximate surface area is 80.4 Å². The molecule has 0 unspecified atom stereocenters. The van der Waals surface area contributed by atoms with Crippen LogP contribution in [0.15, 0.2) is 10.6 Å². The molecule has 78 valence electrons. The van der Waals surface area contributed by atoms with Crippen LogP contribution >= 0.6 is 0 Å². The molecule has 0 aliphatic carbocycles. The van der Waals surface area contributed by atoms with E-state index in [1.165, 1.54) is 6.07 Å². The van der Waals surface area contributed by atoms with E-state index in [9.17, 15) is 13.2 Å². The van der Waals surface area contributed by atoms with Crippen molar-refractivity contribution in [2.45, 2.75) is 6.42 Å². The van der Waals surface area contributed by atoms with E-state index >= 15 is 0 Å². The summed E-state index contributed by atoms with van der Waals surface area (Å²) in [5.74, 6) is -1.57. The highest BCUT2D eigenvalue weighted by atomic mass is 32.2. The van der Waals surface area contributed by atoms with E-state index in [1.54, 1.807) is 0 Å². The van der Waals surface area contributed by atoms with Gasteiger partial charge in [-0.2, -0.15) is 0 Å². The third kappa shape index (κ3) is 3.17. The Morgan fingerprint density at radius 3 is 2.71 bits per heavy atom. The zero-order valence-electron chi connectivity index (χ0n) is 7.43. The fraction of sp³-hybridized carbons (Fsp3) is 0.429. The smallest absolute Gasteiger partial charge is 0.374 e. The molecule has 0 bridgehead atoms. The molecule has 1 heterocycles. The molecular weight excluding hydrogens is 210 g/mol. The van der Waals surface area contributed by atoms with Crippen LogP contribution in [0.5, 0.6) is 0 Å². The van der Waals surface area contributed by atoms with Gasteiger partial charge in [0, 0.05) is 18.7 Å². The third-order valence-corrected chi connectivity index (χ3v) is 2.44. The van der Waals surface area contributed by atoms with Crippen molar-refractivity contribution in [1.29, 1.82) is 0 Å². The first-order valence-corrected chi connectivity index (χ1v) is 5.81. The van der Waals surface area contributed by atoms with Crippen molar-refractivity contribution in [3.8, 4) is 0 Å². The number of carboxylic acids is 1. The average molecular weight is 219 g/mol. The summed E-state index contributed by atoms with van der Waals surface area (Å²) in [7, 11) is -3.06. The zero-order chi connectivity index (χ0) is 10.8. The summed E-state index contributed by atoms with van der Waals surface area (Å²) in [6.45, 7) is 0. The molecule has 0 aromatic carbocycles. The SMILES string of the molecule is CS(=O)(=O)CCc1cc(C(=O)O)on1. The maximum absolute atomic E-state index is 10.8. The molecule has 0 saturated carbocycles. The molecule has 0 aliphatic heterocycles. The van der Waals surface area contributed by atoms with Gasteiger partial charge in [0.1, 0.15) is 9.84 Å². The average Bonchev–Trinajstić information content (AvgIpc) is 2.47. The van der Waals surface area contributed by atoms with E-state index in [0.717, 1.165) is 6.26 Å². The summed E-state index contributed by atoms with van der Waals surface area (Å²) in [5, 5.41) is 11.9. The first kappa shape index (κ1) is 10.7. The molecule has 1 aromatic rings. The van der Waals surface area contributed by atoms with E-state index in [4.69, 9.17) is 5.11 Å². The molecule has 0 radical (unpaired) electrons. The second-order valence-corrected chi connectivity index (χ2v) is 5.13. The monoisotopic (exact) mass is 219 g/mol. The van der Waals surface area contributed by atoms with Crippen LogP contribution in [0.4, 0.5) is 0 Å². The number of carboxylic acid groups (broad SMARTS) is 1. The van der Waals surface area contributed by atoms with Gasteiger partial charge in [0.05, 0.1) is 11.4 Å². The molecular formula is C7H9NO5S. The fourth-order valence-electron chi connectivity index (χ4n) is 0.820. The Kier molecular flexibility index (Phi) is 2.90. The molecule has 7 heteroatoms. The van der Waals surface area contributed by atoms with Crippen LogP contribution in [0.3, 0.4) is 0 Å². The molecule has 0 amide bonds. The molecule has 1 rings (SSSR count). The van der Waals surface area contributed by atoms with Crippen LogP contribution in [0.2, 0.25) is 0 Å². The zero-order valence-corrected chi connectivity index (χ0v) is 8.24. The predicted octanol–water partition coefficient (Wildman–Crippen LogP) is -0.0401. The second kappa shape index (κ2) is 3.79. The van der Waals surface area contributed by atoms with Crippen molar-refractivity contribution < 1.29 is 22.8 Å². The van der Waals surface area contributed by atoms with Gasteiger partial charge in [-0.25, -0.2) is 13.2 Å². The molecule has 0 aliphatic rings. The lowest BCUT2D eigenvalue weighted by Gasteiger charge is -1.92. The van der Waals surface area contributed by atoms with E-state index in [1.807, 2.05) is 0 Å². The Morgan fingerprint density at radius 2 is 2.29 bits per heavy atom. The van der Waals surface area contributed by atoms with Crippen LogP contribution in [0.25, 0.3) is 0 Å². The van der Waals surface area contributed by atoms with Gasteiger partial charge in [0.15, 0.2) is 0 Å². The minimum Gasteiger partial charge on any atom is -0.475 e. The summed E-state index contributed by atoms with van der Waals surface area (Å²) in [6, 6.07) is 1.22. The summed E-state index contributed by atoms with van der Waals surface area (Å²) in [6.07, 6.45) is 1.26. The van der Waals surface area contributed by atoms with Crippen LogP contribution < -0.4 is 0 Å². The Hall–Kier alpha value is -1.37. The van der Waals surface area contributed by atoms with Gasteiger partial charge in [-0.15, -0.1) is 0 Å². The maximum atomic E-state index is 10.8. The van der Waals surface area contributed by atoms with Crippen LogP contribution in [0, 0.1) is 0 Å². The van der Waals surface area contributed by atoms with Gasteiger partial charge in [0.2, 0.25) is 5.76 Å².